The van der Waals surface area contributed by atoms with E-state index in [4.69, 9.17) is 9.47 Å². The largest absolute Gasteiger partial charge is 0.382 e. The van der Waals surface area contributed by atoms with Gasteiger partial charge < -0.3 is 14.8 Å². The molecule has 0 aliphatic carbocycles. The van der Waals surface area contributed by atoms with Crippen molar-refractivity contribution in [2.24, 2.45) is 0 Å². The fourth-order valence-corrected chi connectivity index (χ4v) is 1.49. The summed E-state index contributed by atoms with van der Waals surface area (Å²) in [6, 6.07) is 1.96. The Morgan fingerprint density at radius 1 is 1.22 bits per heavy atom. The SMILES string of the molecule is CCCNc1cc(C)nc(CCOCCOC)n1. The molecule has 1 heterocycles. The maximum absolute atomic E-state index is 5.41. The molecule has 0 fully saturated rings. The number of nitrogens with zero attached hydrogens (tertiary/aromatic N) is 2. The van der Waals surface area contributed by atoms with Crippen LogP contribution in [0.1, 0.15) is 24.9 Å². The Kier molecular flexibility index (Phi) is 7.29. The Labute approximate surface area is 109 Å². The van der Waals surface area contributed by atoms with E-state index in [1.165, 1.54) is 0 Å². The lowest BCUT2D eigenvalue weighted by Gasteiger charge is -2.08. The van der Waals surface area contributed by atoms with Gasteiger partial charge in [-0.25, -0.2) is 9.97 Å². The van der Waals surface area contributed by atoms with Crippen LogP contribution in [-0.4, -0.2) is 43.4 Å². The van der Waals surface area contributed by atoms with Gasteiger partial charge in [0.1, 0.15) is 11.6 Å². The quantitative estimate of drug-likeness (QED) is 0.680. The van der Waals surface area contributed by atoms with Crippen LogP contribution in [0.25, 0.3) is 0 Å². The molecular weight excluding hydrogens is 230 g/mol. The maximum Gasteiger partial charge on any atom is 0.133 e. The molecule has 1 N–H and O–H groups in total. The normalized spacial score (nSPS) is 10.6. The number of aromatic nitrogens is 2. The molecule has 1 rings (SSSR count). The van der Waals surface area contributed by atoms with Gasteiger partial charge in [-0.05, 0) is 13.3 Å². The summed E-state index contributed by atoms with van der Waals surface area (Å²) in [5, 5.41) is 3.27. The third kappa shape index (κ3) is 5.93. The average molecular weight is 253 g/mol. The van der Waals surface area contributed by atoms with Crippen LogP contribution < -0.4 is 5.32 Å². The van der Waals surface area contributed by atoms with Crippen LogP contribution in [0.2, 0.25) is 0 Å². The Bertz CT molecular complexity index is 345. The van der Waals surface area contributed by atoms with Crippen LogP contribution in [-0.2, 0) is 15.9 Å². The molecule has 5 heteroatoms. The van der Waals surface area contributed by atoms with E-state index in [2.05, 4.69) is 22.2 Å². The highest BCUT2D eigenvalue weighted by molar-refractivity contribution is 5.35. The summed E-state index contributed by atoms with van der Waals surface area (Å²) >= 11 is 0. The van der Waals surface area contributed by atoms with E-state index in [0.29, 0.717) is 19.8 Å². The lowest BCUT2D eigenvalue weighted by molar-refractivity contribution is 0.0716. The van der Waals surface area contributed by atoms with Gasteiger partial charge in [0.05, 0.1) is 19.8 Å². The molecule has 5 nitrogen and oxygen atoms in total. The van der Waals surface area contributed by atoms with Gasteiger partial charge in [-0.3, -0.25) is 0 Å². The summed E-state index contributed by atoms with van der Waals surface area (Å²) in [6.45, 7) is 6.90. The van der Waals surface area contributed by atoms with Crippen LogP contribution in [0.5, 0.6) is 0 Å². The first-order valence-electron chi connectivity index (χ1n) is 6.41. The van der Waals surface area contributed by atoms with Crippen molar-refractivity contribution in [3.8, 4) is 0 Å². The molecule has 0 bridgehead atoms. The number of aryl methyl sites for hydroxylation is 1. The van der Waals surface area contributed by atoms with Crippen LogP contribution in [0.15, 0.2) is 6.07 Å². The van der Waals surface area contributed by atoms with E-state index in [-0.39, 0.29) is 0 Å². The highest BCUT2D eigenvalue weighted by atomic mass is 16.5. The Morgan fingerprint density at radius 3 is 2.78 bits per heavy atom. The smallest absolute Gasteiger partial charge is 0.133 e. The molecule has 0 spiro atoms. The van der Waals surface area contributed by atoms with Crippen LogP contribution >= 0.6 is 0 Å². The number of hydrogen-bond acceptors (Lipinski definition) is 5. The minimum absolute atomic E-state index is 0.614. The second-order valence-corrected chi connectivity index (χ2v) is 4.09. The van der Waals surface area contributed by atoms with Crippen molar-refractivity contribution in [2.75, 3.05) is 38.8 Å². The molecule has 0 atom stereocenters. The Balaban J connectivity index is 2.41. The summed E-state index contributed by atoms with van der Waals surface area (Å²) in [5.41, 5.74) is 0.982. The van der Waals surface area contributed by atoms with Gasteiger partial charge in [0.15, 0.2) is 0 Å². The summed E-state index contributed by atoms with van der Waals surface area (Å²) in [6.07, 6.45) is 1.81. The minimum atomic E-state index is 0.614. The highest BCUT2D eigenvalue weighted by Gasteiger charge is 2.02. The monoisotopic (exact) mass is 253 g/mol. The van der Waals surface area contributed by atoms with Crippen LogP contribution in [0.3, 0.4) is 0 Å². The maximum atomic E-state index is 5.41. The number of rotatable bonds is 9. The fourth-order valence-electron chi connectivity index (χ4n) is 1.49. The number of hydrogen-bond donors (Lipinski definition) is 1. The predicted molar refractivity (Wildman–Crippen MR) is 71.9 cm³/mol. The van der Waals surface area contributed by atoms with E-state index in [1.54, 1.807) is 7.11 Å². The van der Waals surface area contributed by atoms with Crippen molar-refractivity contribution in [2.45, 2.75) is 26.7 Å². The molecule has 0 aromatic carbocycles. The third-order valence-electron chi connectivity index (χ3n) is 2.36. The number of anilines is 1. The second kappa shape index (κ2) is 8.83. The van der Waals surface area contributed by atoms with Gasteiger partial charge in [0.25, 0.3) is 0 Å². The third-order valence-corrected chi connectivity index (χ3v) is 2.36. The van der Waals surface area contributed by atoms with Crippen LogP contribution in [0.4, 0.5) is 5.82 Å². The van der Waals surface area contributed by atoms with E-state index in [1.807, 2.05) is 13.0 Å². The zero-order valence-electron chi connectivity index (χ0n) is 11.5. The van der Waals surface area contributed by atoms with Gasteiger partial charge in [-0.15, -0.1) is 0 Å². The molecule has 0 saturated carbocycles. The van der Waals surface area contributed by atoms with Crippen molar-refractivity contribution >= 4 is 5.82 Å². The fraction of sp³-hybridized carbons (Fsp3) is 0.692. The van der Waals surface area contributed by atoms with Gasteiger partial charge in [0.2, 0.25) is 0 Å². The number of methoxy groups -OCH3 is 1. The molecule has 0 unspecified atom stereocenters. The average Bonchev–Trinajstić information content (AvgIpc) is 2.35. The minimum Gasteiger partial charge on any atom is -0.382 e. The molecule has 0 aliphatic heterocycles. The lowest BCUT2D eigenvalue weighted by atomic mass is 10.3. The van der Waals surface area contributed by atoms with E-state index in [9.17, 15) is 0 Å². The van der Waals surface area contributed by atoms with E-state index >= 15 is 0 Å². The zero-order valence-corrected chi connectivity index (χ0v) is 11.5. The van der Waals surface area contributed by atoms with Gasteiger partial charge in [0, 0.05) is 31.8 Å². The summed E-state index contributed by atoms with van der Waals surface area (Å²) < 4.78 is 10.3. The zero-order chi connectivity index (χ0) is 13.2. The molecule has 18 heavy (non-hydrogen) atoms. The molecule has 0 aliphatic rings. The first kappa shape index (κ1) is 14.9. The molecule has 0 saturated heterocycles. The van der Waals surface area contributed by atoms with Crippen molar-refractivity contribution in [3.63, 3.8) is 0 Å². The standard InChI is InChI=1S/C13H23N3O2/c1-4-6-14-13-10-11(2)15-12(16-13)5-7-18-9-8-17-3/h10H,4-9H2,1-3H3,(H,14,15,16). The summed E-state index contributed by atoms with van der Waals surface area (Å²) in [7, 11) is 1.67. The van der Waals surface area contributed by atoms with Crippen molar-refractivity contribution in [3.05, 3.63) is 17.6 Å². The highest BCUT2D eigenvalue weighted by Crippen LogP contribution is 2.06. The topological polar surface area (TPSA) is 56.3 Å². The van der Waals surface area contributed by atoms with Crippen molar-refractivity contribution in [1.29, 1.82) is 0 Å². The van der Waals surface area contributed by atoms with Gasteiger partial charge in [-0.2, -0.15) is 0 Å². The predicted octanol–water partition coefficient (Wildman–Crippen LogP) is 1.81. The molecule has 102 valence electrons. The second-order valence-electron chi connectivity index (χ2n) is 4.09. The molecule has 1 aromatic heterocycles. The molecule has 1 aromatic rings. The van der Waals surface area contributed by atoms with Crippen molar-refractivity contribution in [1.82, 2.24) is 9.97 Å². The summed E-state index contributed by atoms with van der Waals surface area (Å²) in [4.78, 5) is 8.85. The van der Waals surface area contributed by atoms with Crippen LogP contribution in [0, 0.1) is 6.92 Å². The lowest BCUT2D eigenvalue weighted by Crippen LogP contribution is -2.10. The van der Waals surface area contributed by atoms with Gasteiger partial charge >= 0.3 is 0 Å². The summed E-state index contributed by atoms with van der Waals surface area (Å²) in [5.74, 6) is 1.72. The number of nitrogens with one attached hydrogen (secondary N) is 1. The molecule has 0 amide bonds. The Morgan fingerprint density at radius 2 is 2.06 bits per heavy atom. The Hall–Kier alpha value is -1.20. The molecular formula is C13H23N3O2. The van der Waals surface area contributed by atoms with E-state index in [0.717, 1.165) is 36.7 Å². The first-order chi connectivity index (χ1) is 8.76. The van der Waals surface area contributed by atoms with Crippen molar-refractivity contribution < 1.29 is 9.47 Å². The van der Waals surface area contributed by atoms with E-state index < -0.39 is 0 Å². The van der Waals surface area contributed by atoms with Gasteiger partial charge in [-0.1, -0.05) is 6.92 Å². The number of ether oxygens (including phenoxy) is 2. The molecule has 0 radical (unpaired) electrons. The first-order valence-corrected chi connectivity index (χ1v) is 6.41.